The molecular weight excluding hydrogens is 397 g/mol. The van der Waals surface area contributed by atoms with E-state index >= 15 is 0 Å². The summed E-state index contributed by atoms with van der Waals surface area (Å²) in [5, 5.41) is 10.1. The summed E-state index contributed by atoms with van der Waals surface area (Å²) in [6.45, 7) is 2.87. The third kappa shape index (κ3) is 4.12. The zero-order valence-corrected chi connectivity index (χ0v) is 16.8. The molecule has 0 unspecified atom stereocenters. The molecule has 26 heavy (non-hydrogen) atoms. The van der Waals surface area contributed by atoms with E-state index < -0.39 is 17.9 Å². The summed E-state index contributed by atoms with van der Waals surface area (Å²) in [5.74, 6) is -1.38. The molecule has 0 spiro atoms. The molecule has 0 aliphatic carbocycles. The summed E-state index contributed by atoms with van der Waals surface area (Å²) < 4.78 is 0. The van der Waals surface area contributed by atoms with Gasteiger partial charge in [-0.1, -0.05) is 42.6 Å². The average molecular weight is 420 g/mol. The minimum atomic E-state index is -0.887. The van der Waals surface area contributed by atoms with Crippen molar-refractivity contribution in [3.05, 3.63) is 33.3 Å². The summed E-state index contributed by atoms with van der Waals surface area (Å²) in [4.78, 5) is 25.2. The summed E-state index contributed by atoms with van der Waals surface area (Å²) >= 11 is 16.8. The van der Waals surface area contributed by atoms with Gasteiger partial charge in [0.15, 0.2) is 0 Å². The van der Waals surface area contributed by atoms with Gasteiger partial charge in [-0.3, -0.25) is 14.5 Å². The van der Waals surface area contributed by atoms with E-state index in [9.17, 15) is 14.7 Å². The molecule has 0 saturated carbocycles. The Morgan fingerprint density at radius 1 is 1.38 bits per heavy atom. The number of carbonyl (C=O) groups excluding carboxylic acids is 1. The number of benzene rings is 1. The van der Waals surface area contributed by atoms with E-state index in [0.29, 0.717) is 25.3 Å². The molecule has 1 saturated heterocycles. The van der Waals surface area contributed by atoms with E-state index in [1.807, 2.05) is 11.8 Å². The lowest BCUT2D eigenvalue weighted by atomic mass is 9.83. The predicted molar refractivity (Wildman–Crippen MR) is 106 cm³/mol. The third-order valence-electron chi connectivity index (χ3n) is 4.95. The number of carboxylic acids is 1. The van der Waals surface area contributed by atoms with Crippen molar-refractivity contribution in [2.75, 3.05) is 18.8 Å². The summed E-state index contributed by atoms with van der Waals surface area (Å²) in [5.41, 5.74) is 12.2. The van der Waals surface area contributed by atoms with Crippen molar-refractivity contribution in [2.45, 2.75) is 31.3 Å². The second-order valence-corrected chi connectivity index (χ2v) is 7.67. The van der Waals surface area contributed by atoms with Crippen LogP contribution in [-0.4, -0.2) is 52.8 Å². The van der Waals surface area contributed by atoms with Crippen LogP contribution in [0.5, 0.6) is 0 Å². The number of rotatable bonds is 7. The van der Waals surface area contributed by atoms with Crippen LogP contribution in [0.25, 0.3) is 0 Å². The van der Waals surface area contributed by atoms with Crippen molar-refractivity contribution in [3.63, 3.8) is 0 Å². The van der Waals surface area contributed by atoms with Gasteiger partial charge in [0.25, 0.3) is 0 Å². The summed E-state index contributed by atoms with van der Waals surface area (Å²) in [6.07, 6.45) is 0.653. The van der Waals surface area contributed by atoms with Gasteiger partial charge >= 0.3 is 5.97 Å². The number of carbonyl (C=O) groups is 2. The number of thiol groups is 1. The summed E-state index contributed by atoms with van der Waals surface area (Å²) in [6, 6.07) is 2.35. The number of carboxylic acid groups (broad SMARTS) is 1. The van der Waals surface area contributed by atoms with Gasteiger partial charge in [-0.2, -0.15) is 12.6 Å². The first-order chi connectivity index (χ1) is 12.2. The number of nitrogens with zero attached hydrogens (tertiary/aromatic N) is 1. The molecule has 0 radical (unpaired) electrons. The Morgan fingerprint density at radius 3 is 2.54 bits per heavy atom. The smallest absolute Gasteiger partial charge is 0.321 e. The molecule has 6 nitrogen and oxygen atoms in total. The van der Waals surface area contributed by atoms with Crippen LogP contribution in [0.1, 0.15) is 35.2 Å². The molecule has 1 amide bonds. The van der Waals surface area contributed by atoms with E-state index in [2.05, 4.69) is 12.6 Å². The number of amides is 1. The molecule has 1 aromatic rings. The van der Waals surface area contributed by atoms with Crippen molar-refractivity contribution in [1.29, 1.82) is 0 Å². The van der Waals surface area contributed by atoms with Gasteiger partial charge in [-0.05, 0) is 17.5 Å². The van der Waals surface area contributed by atoms with Gasteiger partial charge in [-0.25, -0.2) is 0 Å². The average Bonchev–Trinajstić information content (AvgIpc) is 2.94. The lowest BCUT2D eigenvalue weighted by Gasteiger charge is -2.26. The van der Waals surface area contributed by atoms with Gasteiger partial charge in [0, 0.05) is 30.8 Å². The van der Waals surface area contributed by atoms with Crippen LogP contribution in [0.3, 0.4) is 0 Å². The number of halogens is 2. The molecule has 1 heterocycles. The Morgan fingerprint density at radius 2 is 2.04 bits per heavy atom. The Labute approximate surface area is 168 Å². The lowest BCUT2D eigenvalue weighted by molar-refractivity contribution is -0.143. The van der Waals surface area contributed by atoms with Crippen LogP contribution in [0.15, 0.2) is 12.1 Å². The van der Waals surface area contributed by atoms with E-state index in [1.54, 1.807) is 6.07 Å². The first-order valence-corrected chi connectivity index (χ1v) is 9.72. The SMILES string of the molecule is CC[C@@H]1[C@@H](c2ccc(C(N)=O)c(Cl)c2Cl)CN(C[C@@H](N)CS)[C@@H]1C(=O)O. The van der Waals surface area contributed by atoms with Crippen molar-refractivity contribution >= 4 is 47.7 Å². The number of hydrogen-bond acceptors (Lipinski definition) is 5. The number of aliphatic carboxylic acids is 1. The van der Waals surface area contributed by atoms with E-state index in [4.69, 9.17) is 34.7 Å². The molecule has 5 N–H and O–H groups in total. The van der Waals surface area contributed by atoms with Crippen molar-refractivity contribution in [1.82, 2.24) is 4.90 Å². The summed E-state index contributed by atoms with van der Waals surface area (Å²) in [7, 11) is 0. The number of likely N-dealkylation sites (tertiary alicyclic amines) is 1. The Balaban J connectivity index is 2.43. The molecule has 1 aliphatic rings. The molecule has 2 rings (SSSR count). The minimum absolute atomic E-state index is 0.101. The fourth-order valence-corrected chi connectivity index (χ4v) is 4.44. The number of nitrogens with two attached hydrogens (primary N) is 2. The fraction of sp³-hybridized carbons (Fsp3) is 0.529. The zero-order chi connectivity index (χ0) is 19.6. The van der Waals surface area contributed by atoms with Crippen LogP contribution in [0, 0.1) is 5.92 Å². The topological polar surface area (TPSA) is 110 Å². The molecule has 4 atom stereocenters. The van der Waals surface area contributed by atoms with E-state index in [1.165, 1.54) is 6.07 Å². The largest absolute Gasteiger partial charge is 0.480 e. The van der Waals surface area contributed by atoms with Crippen LogP contribution < -0.4 is 11.5 Å². The van der Waals surface area contributed by atoms with E-state index in [0.717, 1.165) is 5.56 Å². The van der Waals surface area contributed by atoms with Crippen LogP contribution in [0.4, 0.5) is 0 Å². The lowest BCUT2D eigenvalue weighted by Crippen LogP contribution is -2.46. The van der Waals surface area contributed by atoms with E-state index in [-0.39, 0.29) is 33.5 Å². The fourth-order valence-electron chi connectivity index (χ4n) is 3.76. The first-order valence-electron chi connectivity index (χ1n) is 8.33. The highest BCUT2D eigenvalue weighted by Crippen LogP contribution is 2.44. The second kappa shape index (κ2) is 8.80. The van der Waals surface area contributed by atoms with Gasteiger partial charge in [0.2, 0.25) is 5.91 Å². The molecular formula is C17H23Cl2N3O3S. The molecule has 0 aromatic heterocycles. The number of hydrogen-bond donors (Lipinski definition) is 4. The highest BCUT2D eigenvalue weighted by molar-refractivity contribution is 7.80. The highest BCUT2D eigenvalue weighted by atomic mass is 35.5. The van der Waals surface area contributed by atoms with Gasteiger partial charge in [-0.15, -0.1) is 0 Å². The maximum Gasteiger partial charge on any atom is 0.321 e. The van der Waals surface area contributed by atoms with Gasteiger partial charge < -0.3 is 16.6 Å². The molecule has 0 bridgehead atoms. The normalized spacial score (nSPS) is 24.6. The predicted octanol–water partition coefficient (Wildman–Crippen LogP) is 2.23. The zero-order valence-electron chi connectivity index (χ0n) is 14.4. The monoisotopic (exact) mass is 419 g/mol. The Kier molecular flexibility index (Phi) is 7.21. The van der Waals surface area contributed by atoms with Gasteiger partial charge in [0.05, 0.1) is 15.6 Å². The van der Waals surface area contributed by atoms with Crippen LogP contribution in [0.2, 0.25) is 10.0 Å². The highest BCUT2D eigenvalue weighted by Gasteiger charge is 2.46. The Hall–Kier alpha value is -0.990. The molecule has 1 aromatic carbocycles. The maximum absolute atomic E-state index is 11.9. The Bertz CT molecular complexity index is 704. The second-order valence-electron chi connectivity index (χ2n) is 6.55. The van der Waals surface area contributed by atoms with Gasteiger partial charge in [0.1, 0.15) is 6.04 Å². The maximum atomic E-state index is 11.9. The molecule has 1 aliphatic heterocycles. The van der Waals surface area contributed by atoms with Crippen molar-refractivity contribution in [3.8, 4) is 0 Å². The minimum Gasteiger partial charge on any atom is -0.480 e. The molecule has 144 valence electrons. The van der Waals surface area contributed by atoms with Crippen molar-refractivity contribution < 1.29 is 14.7 Å². The quantitative estimate of drug-likeness (QED) is 0.506. The van der Waals surface area contributed by atoms with Crippen LogP contribution in [-0.2, 0) is 4.79 Å². The first kappa shape index (κ1) is 21.3. The standard InChI is InChI=1S/C17H23Cl2N3O3S/c1-2-9-12(6-22(5-8(20)7-26)15(9)17(24)25)10-3-4-11(16(21)23)14(19)13(10)18/h3-4,8-9,12,15,26H,2,5-7,20H2,1H3,(H2,21,23)(H,24,25)/t8-,9-,12+,15+/m1/s1. The van der Waals surface area contributed by atoms with Crippen LogP contribution >= 0.6 is 35.8 Å². The molecule has 1 fully saturated rings. The number of primary amides is 1. The van der Waals surface area contributed by atoms with Crippen molar-refractivity contribution in [2.24, 2.45) is 17.4 Å². The molecule has 9 heteroatoms. The third-order valence-corrected chi connectivity index (χ3v) is 6.32.